The number of aromatic nitrogens is 3. The van der Waals surface area contributed by atoms with Crippen molar-refractivity contribution < 1.29 is 19.1 Å². The summed E-state index contributed by atoms with van der Waals surface area (Å²) in [6.07, 6.45) is -0.589. The Bertz CT molecular complexity index is 1100. The lowest BCUT2D eigenvalue weighted by molar-refractivity contribution is -0.116. The van der Waals surface area contributed by atoms with Crippen LogP contribution in [-0.4, -0.2) is 47.3 Å². The van der Waals surface area contributed by atoms with Gasteiger partial charge in [-0.2, -0.15) is 0 Å². The molecular formula is C20H21N5O5. The van der Waals surface area contributed by atoms with Gasteiger partial charge in [0.15, 0.2) is 0 Å². The van der Waals surface area contributed by atoms with Crippen LogP contribution in [0, 0.1) is 0 Å². The van der Waals surface area contributed by atoms with E-state index >= 15 is 0 Å². The maximum absolute atomic E-state index is 12.4. The van der Waals surface area contributed by atoms with E-state index in [1.54, 1.807) is 48.5 Å². The summed E-state index contributed by atoms with van der Waals surface area (Å²) in [4.78, 5) is 36.4. The van der Waals surface area contributed by atoms with Gasteiger partial charge >= 0.3 is 6.09 Å². The molecule has 3 rings (SSSR count). The van der Waals surface area contributed by atoms with Crippen molar-refractivity contribution in [3.05, 3.63) is 58.9 Å². The van der Waals surface area contributed by atoms with Crippen LogP contribution in [0.4, 0.5) is 16.2 Å². The monoisotopic (exact) mass is 411 g/mol. The number of rotatable bonds is 8. The summed E-state index contributed by atoms with van der Waals surface area (Å²) in [6.45, 7) is 0.524. The molecule has 0 fully saturated rings. The molecule has 0 saturated heterocycles. The Hall–Kier alpha value is -3.79. The van der Waals surface area contributed by atoms with E-state index in [0.29, 0.717) is 28.9 Å². The zero-order valence-electron chi connectivity index (χ0n) is 16.3. The van der Waals surface area contributed by atoms with Gasteiger partial charge in [-0.05, 0) is 30.3 Å². The van der Waals surface area contributed by atoms with Crippen LogP contribution in [0.3, 0.4) is 0 Å². The number of carbonyl (C=O) groups excluding carboxylic acids is 2. The summed E-state index contributed by atoms with van der Waals surface area (Å²) >= 11 is 0. The number of hydrogen-bond acceptors (Lipinski definition) is 7. The largest absolute Gasteiger partial charge is 0.447 e. The number of methoxy groups -OCH3 is 1. The highest BCUT2D eigenvalue weighted by atomic mass is 16.6. The molecule has 0 aliphatic rings. The van der Waals surface area contributed by atoms with Gasteiger partial charge in [0.1, 0.15) is 12.1 Å². The van der Waals surface area contributed by atoms with Crippen molar-refractivity contribution in [2.75, 3.05) is 31.0 Å². The summed E-state index contributed by atoms with van der Waals surface area (Å²) in [5, 5.41) is 13.6. The molecule has 0 unspecified atom stereocenters. The molecule has 2 N–H and O–H groups in total. The average molecular weight is 411 g/mol. The van der Waals surface area contributed by atoms with Crippen LogP contribution in [0.1, 0.15) is 6.42 Å². The molecule has 0 aliphatic heterocycles. The summed E-state index contributed by atoms with van der Waals surface area (Å²) in [5.74, 6) is -0.309. The number of aryl methyl sites for hydroxylation is 1. The third kappa shape index (κ3) is 5.61. The number of ether oxygens (including phenoxy) is 2. The minimum Gasteiger partial charge on any atom is -0.447 e. The molecule has 1 aromatic heterocycles. The number of benzene rings is 2. The molecule has 156 valence electrons. The molecule has 0 aliphatic carbocycles. The maximum Gasteiger partial charge on any atom is 0.411 e. The minimum atomic E-state index is -0.621. The van der Waals surface area contributed by atoms with Crippen molar-refractivity contribution in [1.29, 1.82) is 0 Å². The Labute approximate surface area is 171 Å². The molecule has 0 saturated carbocycles. The molecule has 0 radical (unpaired) electrons. The van der Waals surface area contributed by atoms with E-state index in [1.165, 1.54) is 7.11 Å². The fourth-order valence-electron chi connectivity index (χ4n) is 2.65. The quantitative estimate of drug-likeness (QED) is 0.543. The smallest absolute Gasteiger partial charge is 0.411 e. The standard InChI is InChI=1S/C20H21N5O5/c1-29-11-12-30-20(28)22-15-6-4-5-14(13-15)21-18(26)9-10-25-19(27)16-7-2-3-8-17(16)23-24-25/h2-8,13H,9-12H2,1H3,(H,21,26)(H,22,28). The van der Waals surface area contributed by atoms with Gasteiger partial charge in [0.2, 0.25) is 5.91 Å². The van der Waals surface area contributed by atoms with Gasteiger partial charge in [0, 0.05) is 24.9 Å². The van der Waals surface area contributed by atoms with E-state index in [1.807, 2.05) is 0 Å². The zero-order chi connectivity index (χ0) is 21.3. The Morgan fingerprint density at radius 1 is 1.03 bits per heavy atom. The van der Waals surface area contributed by atoms with E-state index in [0.717, 1.165) is 4.68 Å². The van der Waals surface area contributed by atoms with Gasteiger partial charge in [0.05, 0.1) is 18.5 Å². The molecular weight excluding hydrogens is 390 g/mol. The van der Waals surface area contributed by atoms with E-state index in [-0.39, 0.29) is 31.0 Å². The fourth-order valence-corrected chi connectivity index (χ4v) is 2.65. The van der Waals surface area contributed by atoms with Crippen LogP contribution in [0.2, 0.25) is 0 Å². The first kappa shape index (κ1) is 20.9. The van der Waals surface area contributed by atoms with Gasteiger partial charge in [-0.1, -0.05) is 23.4 Å². The van der Waals surface area contributed by atoms with Crippen molar-refractivity contribution in [1.82, 2.24) is 15.0 Å². The lowest BCUT2D eigenvalue weighted by Crippen LogP contribution is -2.26. The zero-order valence-corrected chi connectivity index (χ0v) is 16.3. The van der Waals surface area contributed by atoms with E-state index in [2.05, 4.69) is 20.9 Å². The van der Waals surface area contributed by atoms with Gasteiger partial charge < -0.3 is 14.8 Å². The van der Waals surface area contributed by atoms with Crippen LogP contribution < -0.4 is 16.2 Å². The van der Waals surface area contributed by atoms with Crippen molar-refractivity contribution in [2.24, 2.45) is 0 Å². The Morgan fingerprint density at radius 3 is 2.60 bits per heavy atom. The SMILES string of the molecule is COCCOC(=O)Nc1cccc(NC(=O)CCn2nnc3ccccc3c2=O)c1. The molecule has 1 heterocycles. The predicted molar refractivity (Wildman–Crippen MR) is 110 cm³/mol. The Kier molecular flexibility index (Phi) is 7.06. The highest BCUT2D eigenvalue weighted by molar-refractivity contribution is 5.92. The Morgan fingerprint density at radius 2 is 1.80 bits per heavy atom. The molecule has 0 spiro atoms. The van der Waals surface area contributed by atoms with Crippen LogP contribution in [0.15, 0.2) is 53.3 Å². The number of nitrogens with one attached hydrogen (secondary N) is 2. The van der Waals surface area contributed by atoms with E-state index in [9.17, 15) is 14.4 Å². The van der Waals surface area contributed by atoms with Crippen molar-refractivity contribution in [2.45, 2.75) is 13.0 Å². The lowest BCUT2D eigenvalue weighted by Gasteiger charge is -2.09. The van der Waals surface area contributed by atoms with Crippen LogP contribution >= 0.6 is 0 Å². The molecule has 0 bridgehead atoms. The second kappa shape index (κ2) is 10.1. The van der Waals surface area contributed by atoms with Crippen molar-refractivity contribution in [3.63, 3.8) is 0 Å². The first-order valence-electron chi connectivity index (χ1n) is 9.22. The van der Waals surface area contributed by atoms with Crippen LogP contribution in [0.5, 0.6) is 0 Å². The third-order valence-corrected chi connectivity index (χ3v) is 4.09. The first-order chi connectivity index (χ1) is 14.6. The summed E-state index contributed by atoms with van der Waals surface area (Å²) in [6, 6.07) is 13.5. The van der Waals surface area contributed by atoms with E-state index < -0.39 is 6.09 Å². The fraction of sp³-hybridized carbons (Fsp3) is 0.250. The molecule has 30 heavy (non-hydrogen) atoms. The highest BCUT2D eigenvalue weighted by Crippen LogP contribution is 2.15. The van der Waals surface area contributed by atoms with Crippen molar-refractivity contribution >= 4 is 34.3 Å². The maximum atomic E-state index is 12.4. The van der Waals surface area contributed by atoms with Gasteiger partial charge in [0.25, 0.3) is 5.56 Å². The lowest BCUT2D eigenvalue weighted by atomic mass is 10.2. The number of hydrogen-bond donors (Lipinski definition) is 2. The van der Waals surface area contributed by atoms with E-state index in [4.69, 9.17) is 9.47 Å². The Balaban J connectivity index is 1.56. The van der Waals surface area contributed by atoms with Crippen LogP contribution in [-0.2, 0) is 20.8 Å². The molecule has 2 aromatic carbocycles. The second-order valence-corrected chi connectivity index (χ2v) is 6.27. The number of anilines is 2. The van der Waals surface area contributed by atoms with Gasteiger partial charge in [-0.25, -0.2) is 9.48 Å². The molecule has 2 amide bonds. The normalized spacial score (nSPS) is 10.6. The summed E-state index contributed by atoms with van der Waals surface area (Å²) in [7, 11) is 1.51. The number of fused-ring (bicyclic) bond motifs is 1. The number of nitrogens with zero attached hydrogens (tertiary/aromatic N) is 3. The number of carbonyl (C=O) groups is 2. The van der Waals surface area contributed by atoms with Gasteiger partial charge in [-0.3, -0.25) is 14.9 Å². The summed E-state index contributed by atoms with van der Waals surface area (Å²) < 4.78 is 10.9. The third-order valence-electron chi connectivity index (χ3n) is 4.09. The molecule has 0 atom stereocenters. The van der Waals surface area contributed by atoms with Crippen LogP contribution in [0.25, 0.3) is 10.9 Å². The predicted octanol–water partition coefficient (Wildman–Crippen LogP) is 2.02. The topological polar surface area (TPSA) is 124 Å². The number of amides is 2. The first-order valence-corrected chi connectivity index (χ1v) is 9.22. The van der Waals surface area contributed by atoms with Crippen molar-refractivity contribution in [3.8, 4) is 0 Å². The molecule has 10 nitrogen and oxygen atoms in total. The molecule has 3 aromatic rings. The summed E-state index contributed by atoms with van der Waals surface area (Å²) in [5.41, 5.74) is 1.17. The molecule has 10 heteroatoms. The minimum absolute atomic E-state index is 0.0314. The average Bonchev–Trinajstić information content (AvgIpc) is 2.74. The second-order valence-electron chi connectivity index (χ2n) is 6.27. The highest BCUT2D eigenvalue weighted by Gasteiger charge is 2.09. The van der Waals surface area contributed by atoms with Gasteiger partial charge in [-0.15, -0.1) is 5.10 Å².